The minimum absolute atomic E-state index is 0.0404. The highest BCUT2D eigenvalue weighted by molar-refractivity contribution is 5.86. The highest BCUT2D eigenvalue weighted by Crippen LogP contribution is 2.15. The van der Waals surface area contributed by atoms with Gasteiger partial charge < -0.3 is 9.94 Å². The molecule has 0 heterocycles. The lowest BCUT2D eigenvalue weighted by atomic mass is 9.91. The van der Waals surface area contributed by atoms with Crippen LogP contribution in [0.4, 0.5) is 0 Å². The van der Waals surface area contributed by atoms with Gasteiger partial charge in [0.15, 0.2) is 0 Å². The van der Waals surface area contributed by atoms with Crippen LogP contribution in [0, 0.1) is 5.41 Å². The monoisotopic (exact) mass is 173 g/mol. The highest BCUT2D eigenvalue weighted by atomic mass is 16.6. The number of nitrogens with zero attached hydrogens (tertiary/aromatic N) is 1. The normalized spacial score (nSPS) is 16.0. The van der Waals surface area contributed by atoms with E-state index in [1.54, 1.807) is 6.92 Å². The summed E-state index contributed by atoms with van der Waals surface area (Å²) in [5, 5.41) is 12.8. The van der Waals surface area contributed by atoms with Gasteiger partial charge in [-0.15, -0.1) is 0 Å². The van der Waals surface area contributed by atoms with Crippen LogP contribution in [-0.4, -0.2) is 23.5 Å². The fourth-order valence-corrected chi connectivity index (χ4v) is 0.379. The molecule has 0 bridgehead atoms. The Morgan fingerprint density at radius 2 is 2.00 bits per heavy atom. The molecule has 72 valence electrons. The molecule has 0 aliphatic heterocycles. The van der Waals surface area contributed by atoms with Gasteiger partial charge in [0.05, 0.1) is 11.8 Å². The van der Waals surface area contributed by atoms with Crippen molar-refractivity contribution in [3.8, 4) is 0 Å². The number of oxime groups is 1. The number of aliphatic hydroxyl groups is 1. The SMILES string of the molecule is C/C(=N\OCC(C)O)C(C)(C)C. The zero-order chi connectivity index (χ0) is 9.78. The number of hydrogen-bond acceptors (Lipinski definition) is 3. The number of hydrogen-bond donors (Lipinski definition) is 1. The fraction of sp³-hybridized carbons (Fsp3) is 0.889. The summed E-state index contributed by atoms with van der Waals surface area (Å²) in [4.78, 5) is 4.92. The molecule has 0 aromatic rings. The van der Waals surface area contributed by atoms with Crippen molar-refractivity contribution >= 4 is 5.71 Å². The van der Waals surface area contributed by atoms with E-state index in [0.29, 0.717) is 0 Å². The molecule has 0 aromatic carbocycles. The summed E-state index contributed by atoms with van der Waals surface area (Å²) in [6.45, 7) is 10.0. The van der Waals surface area contributed by atoms with E-state index >= 15 is 0 Å². The van der Waals surface area contributed by atoms with Crippen molar-refractivity contribution in [2.75, 3.05) is 6.61 Å². The molecule has 0 saturated heterocycles. The summed E-state index contributed by atoms with van der Waals surface area (Å²) in [5.74, 6) is 0. The zero-order valence-electron chi connectivity index (χ0n) is 8.59. The number of aliphatic hydroxyl groups excluding tert-OH is 1. The van der Waals surface area contributed by atoms with Crippen LogP contribution >= 0.6 is 0 Å². The molecule has 0 radical (unpaired) electrons. The first-order chi connectivity index (χ1) is 5.34. The number of rotatable bonds is 3. The lowest BCUT2D eigenvalue weighted by Gasteiger charge is -2.17. The molecule has 3 heteroatoms. The van der Waals surface area contributed by atoms with E-state index in [0.717, 1.165) is 5.71 Å². The van der Waals surface area contributed by atoms with Crippen LogP contribution in [0.5, 0.6) is 0 Å². The quantitative estimate of drug-likeness (QED) is 0.522. The minimum Gasteiger partial charge on any atom is -0.393 e. The minimum atomic E-state index is -0.457. The predicted molar refractivity (Wildman–Crippen MR) is 50.2 cm³/mol. The third-order valence-electron chi connectivity index (χ3n) is 1.60. The lowest BCUT2D eigenvalue weighted by Crippen LogP contribution is -2.18. The van der Waals surface area contributed by atoms with Gasteiger partial charge in [-0.1, -0.05) is 25.9 Å². The van der Waals surface area contributed by atoms with Crippen molar-refractivity contribution in [3.05, 3.63) is 0 Å². The largest absolute Gasteiger partial charge is 0.393 e. The third kappa shape index (κ3) is 5.13. The van der Waals surface area contributed by atoms with Gasteiger partial charge in [-0.2, -0.15) is 0 Å². The zero-order valence-corrected chi connectivity index (χ0v) is 8.59. The van der Waals surface area contributed by atoms with E-state index in [4.69, 9.17) is 9.94 Å². The van der Waals surface area contributed by atoms with Crippen molar-refractivity contribution in [1.82, 2.24) is 0 Å². The third-order valence-corrected chi connectivity index (χ3v) is 1.60. The van der Waals surface area contributed by atoms with Crippen LogP contribution in [0.15, 0.2) is 5.16 Å². The molecule has 1 atom stereocenters. The van der Waals surface area contributed by atoms with Crippen molar-refractivity contribution in [2.45, 2.75) is 40.7 Å². The van der Waals surface area contributed by atoms with Gasteiger partial charge in [0.1, 0.15) is 6.61 Å². The highest BCUT2D eigenvalue weighted by Gasteiger charge is 2.14. The molecule has 0 aliphatic rings. The first kappa shape index (κ1) is 11.4. The Balaban J connectivity index is 3.86. The van der Waals surface area contributed by atoms with Crippen molar-refractivity contribution in [2.24, 2.45) is 10.6 Å². The van der Waals surface area contributed by atoms with E-state index in [1.165, 1.54) is 0 Å². The van der Waals surface area contributed by atoms with Crippen LogP contribution in [0.25, 0.3) is 0 Å². The van der Waals surface area contributed by atoms with Gasteiger partial charge >= 0.3 is 0 Å². The molecule has 1 N–H and O–H groups in total. The van der Waals surface area contributed by atoms with Crippen LogP contribution < -0.4 is 0 Å². The fourth-order valence-electron chi connectivity index (χ4n) is 0.379. The summed E-state index contributed by atoms with van der Waals surface area (Å²) >= 11 is 0. The molecular weight excluding hydrogens is 154 g/mol. The second-order valence-electron chi connectivity index (χ2n) is 4.07. The summed E-state index contributed by atoms with van der Waals surface area (Å²) in [6.07, 6.45) is -0.457. The van der Waals surface area contributed by atoms with Crippen molar-refractivity contribution < 1.29 is 9.94 Å². The summed E-state index contributed by atoms with van der Waals surface area (Å²) in [5.41, 5.74) is 0.974. The second kappa shape index (κ2) is 4.45. The Bertz CT molecular complexity index is 156. The van der Waals surface area contributed by atoms with E-state index < -0.39 is 6.10 Å². The maximum absolute atomic E-state index is 8.87. The van der Waals surface area contributed by atoms with Gasteiger partial charge in [-0.3, -0.25) is 0 Å². The summed E-state index contributed by atoms with van der Waals surface area (Å²) < 4.78 is 0. The molecule has 0 spiro atoms. The summed E-state index contributed by atoms with van der Waals surface area (Å²) in [6, 6.07) is 0. The predicted octanol–water partition coefficient (Wildman–Crippen LogP) is 1.81. The Labute approximate surface area is 74.4 Å². The van der Waals surface area contributed by atoms with Gasteiger partial charge in [0.25, 0.3) is 0 Å². The molecule has 0 amide bonds. The Morgan fingerprint density at radius 1 is 1.50 bits per heavy atom. The average Bonchev–Trinajstić information content (AvgIpc) is 1.84. The average molecular weight is 173 g/mol. The first-order valence-corrected chi connectivity index (χ1v) is 4.19. The molecule has 3 nitrogen and oxygen atoms in total. The topological polar surface area (TPSA) is 41.8 Å². The van der Waals surface area contributed by atoms with Crippen molar-refractivity contribution in [1.29, 1.82) is 0 Å². The van der Waals surface area contributed by atoms with Crippen LogP contribution in [0.1, 0.15) is 34.6 Å². The molecule has 0 aliphatic carbocycles. The maximum Gasteiger partial charge on any atom is 0.142 e. The molecule has 0 rings (SSSR count). The second-order valence-corrected chi connectivity index (χ2v) is 4.07. The molecule has 1 unspecified atom stereocenters. The molecule has 0 aromatic heterocycles. The molecule has 0 fully saturated rings. The Hall–Kier alpha value is -0.570. The molecule has 12 heavy (non-hydrogen) atoms. The van der Waals surface area contributed by atoms with E-state index in [-0.39, 0.29) is 12.0 Å². The van der Waals surface area contributed by atoms with E-state index in [1.807, 2.05) is 6.92 Å². The van der Waals surface area contributed by atoms with Gasteiger partial charge in [0, 0.05) is 5.41 Å². The van der Waals surface area contributed by atoms with Gasteiger partial charge in [-0.25, -0.2) is 0 Å². The summed E-state index contributed by atoms with van der Waals surface area (Å²) in [7, 11) is 0. The van der Waals surface area contributed by atoms with Crippen LogP contribution in [-0.2, 0) is 4.84 Å². The van der Waals surface area contributed by atoms with Crippen LogP contribution in [0.3, 0.4) is 0 Å². The van der Waals surface area contributed by atoms with Gasteiger partial charge in [0.2, 0.25) is 0 Å². The van der Waals surface area contributed by atoms with E-state index in [2.05, 4.69) is 25.9 Å². The maximum atomic E-state index is 8.87. The Morgan fingerprint density at radius 3 is 2.33 bits per heavy atom. The smallest absolute Gasteiger partial charge is 0.142 e. The Kier molecular flexibility index (Phi) is 4.24. The van der Waals surface area contributed by atoms with Crippen molar-refractivity contribution in [3.63, 3.8) is 0 Å². The van der Waals surface area contributed by atoms with Gasteiger partial charge in [-0.05, 0) is 13.8 Å². The standard InChI is InChI=1S/C9H19NO2/c1-7(11)6-12-10-8(2)9(3,4)5/h7,11H,6H2,1-5H3/b10-8+. The van der Waals surface area contributed by atoms with E-state index in [9.17, 15) is 0 Å². The molecular formula is C9H19NO2. The lowest BCUT2D eigenvalue weighted by molar-refractivity contribution is 0.0488. The molecule has 0 saturated carbocycles. The first-order valence-electron chi connectivity index (χ1n) is 4.19. The van der Waals surface area contributed by atoms with Crippen LogP contribution in [0.2, 0.25) is 0 Å².